The normalized spacial score (nSPS) is 10.1. The minimum atomic E-state index is -0.160. The van der Waals surface area contributed by atoms with Crippen molar-refractivity contribution < 1.29 is 4.79 Å². The van der Waals surface area contributed by atoms with Crippen LogP contribution >= 0.6 is 0 Å². The van der Waals surface area contributed by atoms with Gasteiger partial charge in [0, 0.05) is 19.7 Å². The van der Waals surface area contributed by atoms with Gasteiger partial charge in [-0.1, -0.05) is 30.3 Å². The molecular weight excluding hydrogens is 204 g/mol. The molecule has 0 aliphatic heterocycles. The smallest absolute Gasteiger partial charge is 0.276 e. The van der Waals surface area contributed by atoms with E-state index in [0.29, 0.717) is 11.4 Å². The van der Waals surface area contributed by atoms with Crippen LogP contribution in [-0.4, -0.2) is 40.3 Å². The molecule has 0 saturated carbocycles. The van der Waals surface area contributed by atoms with Gasteiger partial charge < -0.3 is 4.90 Å². The summed E-state index contributed by atoms with van der Waals surface area (Å²) in [6.45, 7) is 0. The summed E-state index contributed by atoms with van der Waals surface area (Å²) in [7, 11) is 3.37. The predicted octanol–water partition coefficient (Wildman–Crippen LogP) is 1.17. The summed E-state index contributed by atoms with van der Waals surface area (Å²) < 4.78 is 0. The number of nitrogens with one attached hydrogen (secondary N) is 1. The first kappa shape index (κ1) is 10.4. The second-order valence-corrected chi connectivity index (χ2v) is 3.59. The van der Waals surface area contributed by atoms with Gasteiger partial charge in [0.05, 0.1) is 0 Å². The Labute approximate surface area is 93.1 Å². The van der Waals surface area contributed by atoms with E-state index < -0.39 is 0 Å². The summed E-state index contributed by atoms with van der Waals surface area (Å²) in [5.41, 5.74) is 1.80. The van der Waals surface area contributed by atoms with E-state index in [-0.39, 0.29) is 5.91 Å². The number of hydrogen-bond acceptors (Lipinski definition) is 3. The fourth-order valence-corrected chi connectivity index (χ4v) is 1.39. The van der Waals surface area contributed by atoms with E-state index in [2.05, 4.69) is 15.4 Å². The van der Waals surface area contributed by atoms with Crippen molar-refractivity contribution in [3.63, 3.8) is 0 Å². The molecule has 2 aromatic rings. The number of H-pyrrole nitrogens is 1. The molecule has 0 unspecified atom stereocenters. The fourth-order valence-electron chi connectivity index (χ4n) is 1.39. The van der Waals surface area contributed by atoms with Crippen molar-refractivity contribution >= 4 is 5.91 Å². The van der Waals surface area contributed by atoms with Gasteiger partial charge in [0.1, 0.15) is 5.69 Å². The first-order chi connectivity index (χ1) is 7.70. The van der Waals surface area contributed by atoms with Crippen LogP contribution in [-0.2, 0) is 0 Å². The Bertz CT molecular complexity index is 490. The maximum Gasteiger partial charge on any atom is 0.276 e. The largest absolute Gasteiger partial charge is 0.343 e. The molecule has 0 aliphatic carbocycles. The summed E-state index contributed by atoms with van der Waals surface area (Å²) in [4.78, 5) is 13.3. The molecule has 1 N–H and O–H groups in total. The molecule has 2 rings (SSSR count). The van der Waals surface area contributed by atoms with Gasteiger partial charge >= 0.3 is 0 Å². The molecule has 82 valence electrons. The second-order valence-electron chi connectivity index (χ2n) is 3.59. The topological polar surface area (TPSA) is 61.9 Å². The lowest BCUT2D eigenvalue weighted by Gasteiger charge is -2.08. The van der Waals surface area contributed by atoms with Crippen LogP contribution in [0.1, 0.15) is 10.5 Å². The van der Waals surface area contributed by atoms with Crippen LogP contribution in [0.15, 0.2) is 30.3 Å². The molecule has 0 aliphatic rings. The number of rotatable bonds is 2. The van der Waals surface area contributed by atoms with Gasteiger partial charge in [0.15, 0.2) is 5.69 Å². The molecule has 0 spiro atoms. The van der Waals surface area contributed by atoms with E-state index in [1.807, 2.05) is 30.3 Å². The van der Waals surface area contributed by atoms with Crippen LogP contribution in [0.25, 0.3) is 11.3 Å². The SMILES string of the molecule is CN(C)C(=O)c1n[nH]nc1-c1ccccc1. The Balaban J connectivity index is 2.45. The highest BCUT2D eigenvalue weighted by Crippen LogP contribution is 2.19. The fraction of sp³-hybridized carbons (Fsp3) is 0.182. The third kappa shape index (κ3) is 1.79. The van der Waals surface area contributed by atoms with Gasteiger partial charge in [-0.25, -0.2) is 0 Å². The van der Waals surface area contributed by atoms with E-state index in [4.69, 9.17) is 0 Å². The second kappa shape index (κ2) is 4.14. The predicted molar refractivity (Wildman–Crippen MR) is 59.8 cm³/mol. The molecule has 1 aromatic carbocycles. The Morgan fingerprint density at radius 3 is 2.50 bits per heavy atom. The maximum atomic E-state index is 11.8. The molecule has 0 radical (unpaired) electrons. The van der Waals surface area contributed by atoms with Crippen LogP contribution in [0.5, 0.6) is 0 Å². The van der Waals surface area contributed by atoms with Crippen molar-refractivity contribution in [3.8, 4) is 11.3 Å². The maximum absolute atomic E-state index is 11.8. The molecule has 0 saturated heterocycles. The van der Waals surface area contributed by atoms with Crippen molar-refractivity contribution in [1.29, 1.82) is 0 Å². The van der Waals surface area contributed by atoms with Crippen LogP contribution in [0, 0.1) is 0 Å². The zero-order chi connectivity index (χ0) is 11.5. The average Bonchev–Trinajstić information content (AvgIpc) is 2.77. The minimum absolute atomic E-state index is 0.160. The lowest BCUT2D eigenvalue weighted by Crippen LogP contribution is -2.22. The molecule has 0 bridgehead atoms. The molecule has 1 amide bonds. The van der Waals surface area contributed by atoms with E-state index >= 15 is 0 Å². The number of hydrogen-bond donors (Lipinski definition) is 1. The number of aromatic nitrogens is 3. The van der Waals surface area contributed by atoms with Crippen LogP contribution in [0.3, 0.4) is 0 Å². The van der Waals surface area contributed by atoms with Crippen molar-refractivity contribution in [2.24, 2.45) is 0 Å². The first-order valence-corrected chi connectivity index (χ1v) is 4.88. The molecule has 0 fully saturated rings. The average molecular weight is 216 g/mol. The van der Waals surface area contributed by atoms with Crippen LogP contribution < -0.4 is 0 Å². The Morgan fingerprint density at radius 1 is 1.19 bits per heavy atom. The molecule has 5 heteroatoms. The number of amides is 1. The lowest BCUT2D eigenvalue weighted by atomic mass is 10.1. The van der Waals surface area contributed by atoms with Gasteiger partial charge in [0.25, 0.3) is 5.91 Å². The number of carbonyl (C=O) groups excluding carboxylic acids is 1. The highest BCUT2D eigenvalue weighted by molar-refractivity contribution is 5.97. The number of benzene rings is 1. The van der Waals surface area contributed by atoms with Crippen LogP contribution in [0.4, 0.5) is 0 Å². The summed E-state index contributed by atoms with van der Waals surface area (Å²) in [5.74, 6) is -0.160. The summed E-state index contributed by atoms with van der Waals surface area (Å²) in [6, 6.07) is 9.49. The lowest BCUT2D eigenvalue weighted by molar-refractivity contribution is 0.0822. The van der Waals surface area contributed by atoms with Gasteiger partial charge in [-0.05, 0) is 0 Å². The van der Waals surface area contributed by atoms with Crippen molar-refractivity contribution in [1.82, 2.24) is 20.3 Å². The summed E-state index contributed by atoms with van der Waals surface area (Å²) in [5, 5.41) is 10.4. The monoisotopic (exact) mass is 216 g/mol. The van der Waals surface area contributed by atoms with Crippen LogP contribution in [0.2, 0.25) is 0 Å². The number of carbonyl (C=O) groups is 1. The Hall–Kier alpha value is -2.17. The van der Waals surface area contributed by atoms with E-state index in [9.17, 15) is 4.79 Å². The zero-order valence-corrected chi connectivity index (χ0v) is 9.14. The highest BCUT2D eigenvalue weighted by Gasteiger charge is 2.18. The zero-order valence-electron chi connectivity index (χ0n) is 9.14. The van der Waals surface area contributed by atoms with Crippen molar-refractivity contribution in [3.05, 3.63) is 36.0 Å². The number of aromatic amines is 1. The quantitative estimate of drug-likeness (QED) is 0.819. The van der Waals surface area contributed by atoms with Gasteiger partial charge in [-0.15, -0.1) is 0 Å². The van der Waals surface area contributed by atoms with Gasteiger partial charge in [0.2, 0.25) is 0 Å². The third-order valence-electron chi connectivity index (χ3n) is 2.20. The molecule has 1 heterocycles. The Morgan fingerprint density at radius 2 is 1.88 bits per heavy atom. The molecule has 5 nitrogen and oxygen atoms in total. The highest BCUT2D eigenvalue weighted by atomic mass is 16.2. The van der Waals surface area contributed by atoms with Gasteiger partial charge in [-0.3, -0.25) is 4.79 Å². The van der Waals surface area contributed by atoms with Crippen molar-refractivity contribution in [2.45, 2.75) is 0 Å². The Kier molecular flexibility index (Phi) is 2.68. The summed E-state index contributed by atoms with van der Waals surface area (Å²) in [6.07, 6.45) is 0. The molecular formula is C11H12N4O. The molecule has 0 atom stereocenters. The van der Waals surface area contributed by atoms with Gasteiger partial charge in [-0.2, -0.15) is 15.4 Å². The van der Waals surface area contributed by atoms with Crippen molar-refractivity contribution in [2.75, 3.05) is 14.1 Å². The summed E-state index contributed by atoms with van der Waals surface area (Å²) >= 11 is 0. The number of nitrogens with zero attached hydrogens (tertiary/aromatic N) is 3. The third-order valence-corrected chi connectivity index (χ3v) is 2.20. The van der Waals surface area contributed by atoms with E-state index in [1.165, 1.54) is 4.90 Å². The molecule has 16 heavy (non-hydrogen) atoms. The first-order valence-electron chi connectivity index (χ1n) is 4.88. The van der Waals surface area contributed by atoms with E-state index in [0.717, 1.165) is 5.56 Å². The standard InChI is InChI=1S/C11H12N4O/c1-15(2)11(16)10-9(12-14-13-10)8-6-4-3-5-7-8/h3-7H,1-2H3,(H,12,13,14). The molecule has 1 aromatic heterocycles. The van der Waals surface area contributed by atoms with E-state index in [1.54, 1.807) is 14.1 Å². The minimum Gasteiger partial charge on any atom is -0.343 e.